The van der Waals surface area contributed by atoms with E-state index in [2.05, 4.69) is 20.1 Å². The number of benzene rings is 1. The smallest absolute Gasteiger partial charge is 0.452 e. The van der Waals surface area contributed by atoms with Gasteiger partial charge in [0.05, 0.1) is 6.54 Å². The standard InChI is InChI=1S/C16H17F3N2O5/c1-2-20-13(22)9-21-14(23)10-25-15(24)8-5-11-3-6-12(7-4-11)26-16(17,18)19/h3-8H,2,9-10H2,1H3,(H,20,22)(H,21,23)/b8-5+. The Morgan fingerprint density at radius 1 is 1.08 bits per heavy atom. The number of alkyl halides is 3. The van der Waals surface area contributed by atoms with E-state index in [0.29, 0.717) is 12.1 Å². The summed E-state index contributed by atoms with van der Waals surface area (Å²) in [6.07, 6.45) is -2.47. The van der Waals surface area contributed by atoms with Gasteiger partial charge in [0.1, 0.15) is 5.75 Å². The zero-order chi connectivity index (χ0) is 19.6. The topological polar surface area (TPSA) is 93.7 Å². The van der Waals surface area contributed by atoms with E-state index in [1.807, 2.05) is 0 Å². The molecule has 0 radical (unpaired) electrons. The van der Waals surface area contributed by atoms with Crippen LogP contribution in [0.5, 0.6) is 5.75 Å². The third kappa shape index (κ3) is 9.30. The summed E-state index contributed by atoms with van der Waals surface area (Å²) in [5, 5.41) is 4.74. The normalized spacial score (nSPS) is 11.1. The van der Waals surface area contributed by atoms with Gasteiger partial charge in [-0.1, -0.05) is 12.1 Å². The maximum absolute atomic E-state index is 12.0. The van der Waals surface area contributed by atoms with Gasteiger partial charge in [-0.05, 0) is 30.7 Å². The lowest BCUT2D eigenvalue weighted by molar-refractivity contribution is -0.274. The molecule has 0 bridgehead atoms. The number of carbonyl (C=O) groups excluding carboxylic acids is 3. The van der Waals surface area contributed by atoms with Crippen molar-refractivity contribution in [2.24, 2.45) is 0 Å². The molecule has 10 heteroatoms. The van der Waals surface area contributed by atoms with Crippen molar-refractivity contribution in [3.63, 3.8) is 0 Å². The number of nitrogens with one attached hydrogen (secondary N) is 2. The SMILES string of the molecule is CCNC(=O)CNC(=O)COC(=O)/C=C/c1ccc(OC(F)(F)F)cc1. The predicted molar refractivity (Wildman–Crippen MR) is 84.8 cm³/mol. The second kappa shape index (κ2) is 10.1. The zero-order valence-corrected chi connectivity index (χ0v) is 13.8. The maximum atomic E-state index is 12.0. The Morgan fingerprint density at radius 3 is 2.31 bits per heavy atom. The highest BCUT2D eigenvalue weighted by Crippen LogP contribution is 2.22. The van der Waals surface area contributed by atoms with E-state index in [-0.39, 0.29) is 18.2 Å². The molecule has 0 heterocycles. The molecule has 0 unspecified atom stereocenters. The predicted octanol–water partition coefficient (Wildman–Crippen LogP) is 1.39. The molecule has 142 valence electrons. The number of hydrogen-bond acceptors (Lipinski definition) is 5. The van der Waals surface area contributed by atoms with Crippen LogP contribution in [0.1, 0.15) is 12.5 Å². The molecule has 26 heavy (non-hydrogen) atoms. The molecule has 0 saturated carbocycles. The van der Waals surface area contributed by atoms with Crippen molar-refractivity contribution < 1.29 is 37.0 Å². The Morgan fingerprint density at radius 2 is 1.73 bits per heavy atom. The van der Waals surface area contributed by atoms with Gasteiger partial charge in [0.15, 0.2) is 6.61 Å². The van der Waals surface area contributed by atoms with Crippen molar-refractivity contribution in [1.29, 1.82) is 0 Å². The van der Waals surface area contributed by atoms with Crippen LogP contribution >= 0.6 is 0 Å². The van der Waals surface area contributed by atoms with Crippen LogP contribution in [0.4, 0.5) is 13.2 Å². The van der Waals surface area contributed by atoms with Gasteiger partial charge < -0.3 is 20.1 Å². The molecule has 7 nitrogen and oxygen atoms in total. The Hall–Kier alpha value is -3.04. The summed E-state index contributed by atoms with van der Waals surface area (Å²) in [4.78, 5) is 34.0. The van der Waals surface area contributed by atoms with Gasteiger partial charge in [0.2, 0.25) is 5.91 Å². The molecule has 0 spiro atoms. The Labute approximate surface area is 147 Å². The van der Waals surface area contributed by atoms with Crippen LogP contribution < -0.4 is 15.4 Å². The number of esters is 1. The van der Waals surface area contributed by atoms with Crippen LogP contribution in [0.2, 0.25) is 0 Å². The third-order valence-corrected chi connectivity index (χ3v) is 2.69. The fraction of sp³-hybridized carbons (Fsp3) is 0.312. The minimum absolute atomic E-state index is 0.230. The van der Waals surface area contributed by atoms with Crippen molar-refractivity contribution in [2.75, 3.05) is 19.7 Å². The summed E-state index contributed by atoms with van der Waals surface area (Å²) in [5.41, 5.74) is 0.428. The number of ether oxygens (including phenoxy) is 2. The van der Waals surface area contributed by atoms with Gasteiger partial charge in [-0.3, -0.25) is 9.59 Å². The van der Waals surface area contributed by atoms with Crippen LogP contribution in [-0.2, 0) is 19.1 Å². The summed E-state index contributed by atoms with van der Waals surface area (Å²) in [6, 6.07) is 4.80. The maximum Gasteiger partial charge on any atom is 0.573 e. The van der Waals surface area contributed by atoms with Crippen molar-refractivity contribution in [2.45, 2.75) is 13.3 Å². The molecule has 0 aliphatic rings. The quantitative estimate of drug-likeness (QED) is 0.530. The molecule has 2 N–H and O–H groups in total. The van der Waals surface area contributed by atoms with Crippen LogP contribution in [0, 0.1) is 0 Å². The molecular weight excluding hydrogens is 357 g/mol. The molecule has 1 rings (SSSR count). The second-order valence-corrected chi connectivity index (χ2v) is 4.79. The number of hydrogen-bond donors (Lipinski definition) is 2. The van der Waals surface area contributed by atoms with Crippen LogP contribution in [0.25, 0.3) is 6.08 Å². The third-order valence-electron chi connectivity index (χ3n) is 2.69. The minimum atomic E-state index is -4.78. The Kier molecular flexibility index (Phi) is 8.13. The first-order valence-electron chi connectivity index (χ1n) is 7.43. The van der Waals surface area contributed by atoms with Gasteiger partial charge in [0, 0.05) is 12.6 Å². The van der Waals surface area contributed by atoms with Crippen LogP contribution in [-0.4, -0.2) is 43.8 Å². The summed E-state index contributed by atoms with van der Waals surface area (Å²) in [5.74, 6) is -2.23. The zero-order valence-electron chi connectivity index (χ0n) is 13.8. The lowest BCUT2D eigenvalue weighted by atomic mass is 10.2. The molecule has 0 aliphatic carbocycles. The first kappa shape index (κ1) is 21.0. The average Bonchev–Trinajstić information content (AvgIpc) is 2.56. The molecule has 0 saturated heterocycles. The van der Waals surface area contributed by atoms with Gasteiger partial charge in [-0.2, -0.15) is 0 Å². The molecule has 2 amide bonds. The average molecular weight is 374 g/mol. The number of rotatable bonds is 8. The van der Waals surface area contributed by atoms with E-state index < -0.39 is 24.8 Å². The monoisotopic (exact) mass is 374 g/mol. The van der Waals surface area contributed by atoms with Crippen molar-refractivity contribution in [1.82, 2.24) is 10.6 Å². The van der Waals surface area contributed by atoms with Gasteiger partial charge in [-0.25, -0.2) is 4.79 Å². The Bertz CT molecular complexity index is 657. The molecule has 1 aromatic carbocycles. The summed E-state index contributed by atoms with van der Waals surface area (Å²) < 4.78 is 44.5. The molecule has 1 aromatic rings. The first-order valence-corrected chi connectivity index (χ1v) is 7.43. The summed E-state index contributed by atoms with van der Waals surface area (Å²) >= 11 is 0. The van der Waals surface area contributed by atoms with Gasteiger partial charge in [-0.15, -0.1) is 13.2 Å². The van der Waals surface area contributed by atoms with E-state index in [9.17, 15) is 27.6 Å². The van der Waals surface area contributed by atoms with E-state index >= 15 is 0 Å². The first-order chi connectivity index (χ1) is 12.2. The fourth-order valence-corrected chi connectivity index (χ4v) is 1.62. The molecular formula is C16H17F3N2O5. The fourth-order valence-electron chi connectivity index (χ4n) is 1.62. The van der Waals surface area contributed by atoms with Gasteiger partial charge >= 0.3 is 12.3 Å². The molecule has 0 aromatic heterocycles. The lowest BCUT2D eigenvalue weighted by Crippen LogP contribution is -2.38. The largest absolute Gasteiger partial charge is 0.573 e. The summed E-state index contributed by atoms with van der Waals surface area (Å²) in [7, 11) is 0. The van der Waals surface area contributed by atoms with E-state index in [1.54, 1.807) is 6.92 Å². The Balaban J connectivity index is 2.38. The van der Waals surface area contributed by atoms with E-state index in [4.69, 9.17) is 0 Å². The van der Waals surface area contributed by atoms with Crippen LogP contribution in [0.3, 0.4) is 0 Å². The minimum Gasteiger partial charge on any atom is -0.452 e. The number of amides is 2. The highest BCUT2D eigenvalue weighted by Gasteiger charge is 2.30. The molecule has 0 fully saturated rings. The number of carbonyl (C=O) groups is 3. The molecule has 0 aliphatic heterocycles. The van der Waals surface area contributed by atoms with Crippen molar-refractivity contribution in [3.05, 3.63) is 35.9 Å². The molecule has 0 atom stereocenters. The number of likely N-dealkylation sites (N-methyl/N-ethyl adjacent to an activating group) is 1. The van der Waals surface area contributed by atoms with Crippen molar-refractivity contribution in [3.8, 4) is 5.75 Å². The van der Waals surface area contributed by atoms with E-state index in [0.717, 1.165) is 18.2 Å². The van der Waals surface area contributed by atoms with E-state index in [1.165, 1.54) is 18.2 Å². The number of halogens is 3. The highest BCUT2D eigenvalue weighted by molar-refractivity contribution is 5.90. The highest BCUT2D eigenvalue weighted by atomic mass is 19.4. The van der Waals surface area contributed by atoms with Crippen molar-refractivity contribution >= 4 is 23.9 Å². The van der Waals surface area contributed by atoms with Crippen LogP contribution in [0.15, 0.2) is 30.3 Å². The van der Waals surface area contributed by atoms with Gasteiger partial charge in [0.25, 0.3) is 5.91 Å². The summed E-state index contributed by atoms with van der Waals surface area (Å²) in [6.45, 7) is 1.36. The second-order valence-electron chi connectivity index (χ2n) is 4.79. The lowest BCUT2D eigenvalue weighted by Gasteiger charge is -2.08.